The summed E-state index contributed by atoms with van der Waals surface area (Å²) in [5.41, 5.74) is -0.675. The van der Waals surface area contributed by atoms with Crippen LogP contribution in [0, 0.1) is 0 Å². The largest absolute Gasteiger partial charge is 0.516 e. The second-order valence-corrected chi connectivity index (χ2v) is 5.22. The van der Waals surface area contributed by atoms with Gasteiger partial charge in [0, 0.05) is 10.7 Å². The van der Waals surface area contributed by atoms with Gasteiger partial charge in [-0.05, 0) is 42.8 Å². The van der Waals surface area contributed by atoms with Crippen molar-refractivity contribution in [2.75, 3.05) is 5.84 Å². The van der Waals surface area contributed by atoms with Crippen LogP contribution in [0.3, 0.4) is 0 Å². The van der Waals surface area contributed by atoms with Crippen molar-refractivity contribution >= 4 is 28.1 Å². The zero-order valence-corrected chi connectivity index (χ0v) is 11.3. The molecule has 17 heavy (non-hydrogen) atoms. The summed E-state index contributed by atoms with van der Waals surface area (Å²) in [7, 11) is 0. The first kappa shape index (κ1) is 13.6. The maximum atomic E-state index is 11.5. The molecule has 0 aliphatic heterocycles. The Kier molecular flexibility index (Phi) is 3.82. The number of nitrogens with zero attached hydrogens (tertiary/aromatic N) is 1. The topological polar surface area (TPSA) is 83.5 Å². The van der Waals surface area contributed by atoms with E-state index in [9.17, 15) is 9.59 Å². The van der Waals surface area contributed by atoms with Crippen LogP contribution in [-0.2, 0) is 9.47 Å². The second kappa shape index (κ2) is 4.79. The van der Waals surface area contributed by atoms with Crippen molar-refractivity contribution in [1.82, 2.24) is 4.68 Å². The Morgan fingerprint density at radius 2 is 2.00 bits per heavy atom. The molecular weight excluding hydrogens is 292 g/mol. The Bertz CT molecular complexity index is 448. The lowest BCUT2D eigenvalue weighted by Gasteiger charge is -2.18. The molecule has 1 rings (SSSR count). The van der Waals surface area contributed by atoms with Gasteiger partial charge in [-0.1, -0.05) is 0 Å². The number of rotatable bonds is 1. The average Bonchev–Trinajstić information content (AvgIpc) is 2.41. The fourth-order valence-electron chi connectivity index (χ4n) is 1.01. The van der Waals surface area contributed by atoms with Crippen LogP contribution in [-0.4, -0.2) is 22.4 Å². The number of aromatic nitrogens is 1. The molecule has 0 atom stereocenters. The highest BCUT2D eigenvalue weighted by Crippen LogP contribution is 2.14. The molecule has 0 unspecified atom stereocenters. The fourth-order valence-corrected chi connectivity index (χ4v) is 1.45. The van der Waals surface area contributed by atoms with Gasteiger partial charge in [0.1, 0.15) is 11.3 Å². The van der Waals surface area contributed by atoms with Gasteiger partial charge in [-0.25, -0.2) is 9.59 Å². The summed E-state index contributed by atoms with van der Waals surface area (Å²) in [4.78, 5) is 22.8. The SMILES string of the molecule is CC(C)(C)OC(=O)OC(=O)c1cc(Br)cn1N. The molecule has 0 bridgehead atoms. The van der Waals surface area contributed by atoms with Gasteiger partial charge < -0.3 is 15.3 Å². The smallest absolute Gasteiger partial charge is 0.428 e. The summed E-state index contributed by atoms with van der Waals surface area (Å²) in [5, 5.41) is 0. The standard InChI is InChI=1S/C10H13BrN2O4/c1-10(2,3)17-9(15)16-8(14)7-4-6(11)5-13(7)12/h4-5H,12H2,1-3H3. The van der Waals surface area contributed by atoms with Gasteiger partial charge in [-0.15, -0.1) is 0 Å². The first-order valence-electron chi connectivity index (χ1n) is 4.77. The number of ether oxygens (including phenoxy) is 2. The summed E-state index contributed by atoms with van der Waals surface area (Å²) < 4.78 is 11.0. The van der Waals surface area contributed by atoms with E-state index in [1.807, 2.05) is 0 Å². The number of hydrogen-bond acceptors (Lipinski definition) is 5. The lowest BCUT2D eigenvalue weighted by atomic mass is 10.2. The number of halogens is 1. The van der Waals surface area contributed by atoms with Gasteiger partial charge in [0.25, 0.3) is 0 Å². The molecule has 0 radical (unpaired) electrons. The summed E-state index contributed by atoms with van der Waals surface area (Å²) in [5.74, 6) is 4.61. The Morgan fingerprint density at radius 1 is 1.41 bits per heavy atom. The van der Waals surface area contributed by atoms with Gasteiger partial charge in [0.05, 0.1) is 0 Å². The van der Waals surface area contributed by atoms with Crippen molar-refractivity contribution in [1.29, 1.82) is 0 Å². The van der Waals surface area contributed by atoms with Gasteiger partial charge in [0.2, 0.25) is 0 Å². The maximum Gasteiger partial charge on any atom is 0.516 e. The number of carbonyl (C=O) groups is 2. The number of nitrogen functional groups attached to an aromatic ring is 1. The average molecular weight is 305 g/mol. The molecule has 0 fully saturated rings. The summed E-state index contributed by atoms with van der Waals surface area (Å²) in [6.45, 7) is 5.00. The summed E-state index contributed by atoms with van der Waals surface area (Å²) in [6.07, 6.45) is 0.408. The molecule has 0 spiro atoms. The molecule has 0 amide bonds. The number of hydrogen-bond donors (Lipinski definition) is 1. The van der Waals surface area contributed by atoms with Crippen LogP contribution in [0.2, 0.25) is 0 Å². The van der Waals surface area contributed by atoms with E-state index in [4.69, 9.17) is 10.6 Å². The van der Waals surface area contributed by atoms with Crippen LogP contribution >= 0.6 is 15.9 Å². The van der Waals surface area contributed by atoms with E-state index in [1.165, 1.54) is 12.3 Å². The lowest BCUT2D eigenvalue weighted by molar-refractivity contribution is -0.00192. The molecular formula is C10H13BrN2O4. The van der Waals surface area contributed by atoms with Gasteiger partial charge in [-0.2, -0.15) is 0 Å². The quantitative estimate of drug-likeness (QED) is 0.488. The maximum absolute atomic E-state index is 11.5. The number of nitrogens with two attached hydrogens (primary N) is 1. The van der Waals surface area contributed by atoms with Crippen molar-refractivity contribution in [3.05, 3.63) is 22.4 Å². The Morgan fingerprint density at radius 3 is 2.41 bits per heavy atom. The van der Waals surface area contributed by atoms with Crippen LogP contribution in [0.1, 0.15) is 31.3 Å². The monoisotopic (exact) mass is 304 g/mol. The van der Waals surface area contributed by atoms with Crippen molar-refractivity contribution in [3.8, 4) is 0 Å². The highest BCUT2D eigenvalue weighted by atomic mass is 79.9. The molecule has 2 N–H and O–H groups in total. The van der Waals surface area contributed by atoms with Crippen molar-refractivity contribution in [2.24, 2.45) is 0 Å². The highest BCUT2D eigenvalue weighted by molar-refractivity contribution is 9.10. The van der Waals surface area contributed by atoms with E-state index < -0.39 is 17.7 Å². The second-order valence-electron chi connectivity index (χ2n) is 4.30. The third kappa shape index (κ3) is 4.10. The highest BCUT2D eigenvalue weighted by Gasteiger charge is 2.22. The Labute approximate surface area is 107 Å². The Hall–Kier alpha value is -1.50. The predicted octanol–water partition coefficient (Wildman–Crippen LogP) is 2.06. The predicted molar refractivity (Wildman–Crippen MR) is 63.9 cm³/mol. The van der Waals surface area contributed by atoms with Crippen LogP contribution < -0.4 is 5.84 Å². The summed E-state index contributed by atoms with van der Waals surface area (Å²) in [6, 6.07) is 1.44. The minimum atomic E-state index is -1.06. The molecule has 1 aromatic rings. The molecule has 7 heteroatoms. The Balaban J connectivity index is 2.67. The van der Waals surface area contributed by atoms with Crippen molar-refractivity contribution < 1.29 is 19.1 Å². The van der Waals surface area contributed by atoms with E-state index >= 15 is 0 Å². The van der Waals surface area contributed by atoms with E-state index in [1.54, 1.807) is 20.8 Å². The van der Waals surface area contributed by atoms with Crippen LogP contribution in [0.25, 0.3) is 0 Å². The zero-order chi connectivity index (χ0) is 13.2. The molecule has 0 aromatic carbocycles. The molecule has 6 nitrogen and oxygen atoms in total. The molecule has 0 saturated heterocycles. The molecule has 0 aliphatic carbocycles. The summed E-state index contributed by atoms with van der Waals surface area (Å²) >= 11 is 3.14. The third-order valence-corrected chi connectivity index (χ3v) is 2.02. The van der Waals surface area contributed by atoms with E-state index in [0.717, 1.165) is 4.68 Å². The van der Waals surface area contributed by atoms with Gasteiger partial charge in [0.15, 0.2) is 0 Å². The van der Waals surface area contributed by atoms with Gasteiger partial charge in [-0.3, -0.25) is 4.68 Å². The lowest BCUT2D eigenvalue weighted by Crippen LogP contribution is -2.27. The van der Waals surface area contributed by atoms with Crippen molar-refractivity contribution in [3.63, 3.8) is 0 Å². The molecule has 1 aromatic heterocycles. The minimum absolute atomic E-state index is 0.0442. The van der Waals surface area contributed by atoms with Crippen LogP contribution in [0.15, 0.2) is 16.7 Å². The molecule has 0 aliphatic rings. The van der Waals surface area contributed by atoms with Gasteiger partial charge >= 0.3 is 12.1 Å². The van der Waals surface area contributed by atoms with E-state index in [-0.39, 0.29) is 5.69 Å². The third-order valence-electron chi connectivity index (χ3n) is 1.59. The minimum Gasteiger partial charge on any atom is -0.428 e. The first-order valence-corrected chi connectivity index (χ1v) is 5.56. The van der Waals surface area contributed by atoms with E-state index in [0.29, 0.717) is 4.47 Å². The number of esters is 1. The molecule has 1 heterocycles. The fraction of sp³-hybridized carbons (Fsp3) is 0.400. The van der Waals surface area contributed by atoms with Crippen LogP contribution in [0.5, 0.6) is 0 Å². The first-order chi connectivity index (χ1) is 7.69. The van der Waals surface area contributed by atoms with Crippen molar-refractivity contribution in [2.45, 2.75) is 26.4 Å². The molecule has 94 valence electrons. The normalized spacial score (nSPS) is 11.1. The van der Waals surface area contributed by atoms with Crippen LogP contribution in [0.4, 0.5) is 4.79 Å². The zero-order valence-electron chi connectivity index (χ0n) is 9.69. The van der Waals surface area contributed by atoms with E-state index in [2.05, 4.69) is 20.7 Å². The molecule has 0 saturated carbocycles. The number of carbonyl (C=O) groups excluding carboxylic acids is 2.